The van der Waals surface area contributed by atoms with E-state index in [1.54, 1.807) is 32.0 Å². The van der Waals surface area contributed by atoms with Gasteiger partial charge in [-0.05, 0) is 49.2 Å². The number of halogens is 2. The predicted molar refractivity (Wildman–Crippen MR) is 121 cm³/mol. The molecule has 2 heterocycles. The van der Waals surface area contributed by atoms with Crippen molar-refractivity contribution in [2.75, 3.05) is 5.32 Å². The lowest BCUT2D eigenvalue weighted by Gasteiger charge is -2.14. The van der Waals surface area contributed by atoms with Gasteiger partial charge in [0.2, 0.25) is 5.91 Å². The Morgan fingerprint density at radius 2 is 1.91 bits per heavy atom. The Morgan fingerprint density at radius 3 is 2.58 bits per heavy atom. The maximum atomic E-state index is 14.7. The molecule has 1 aromatic carbocycles. The molecule has 0 unspecified atom stereocenters. The van der Waals surface area contributed by atoms with Crippen molar-refractivity contribution < 1.29 is 13.6 Å². The van der Waals surface area contributed by atoms with Gasteiger partial charge < -0.3 is 5.32 Å². The van der Waals surface area contributed by atoms with E-state index in [2.05, 4.69) is 21.4 Å². The van der Waals surface area contributed by atoms with Crippen LogP contribution in [-0.2, 0) is 16.6 Å². The first-order chi connectivity index (χ1) is 15.7. The highest BCUT2D eigenvalue weighted by molar-refractivity contribution is 6.15. The molecule has 0 saturated carbocycles. The average molecular weight is 443 g/mol. The predicted octanol–water partition coefficient (Wildman–Crippen LogP) is 4.96. The molecule has 0 bridgehead atoms. The summed E-state index contributed by atoms with van der Waals surface area (Å²) >= 11 is 0. The fraction of sp³-hybridized carbons (Fsp3) is 0.160. The lowest BCUT2D eigenvalue weighted by Crippen LogP contribution is -2.18. The molecule has 164 valence electrons. The minimum atomic E-state index is -0.744. The van der Waals surface area contributed by atoms with Gasteiger partial charge in [-0.25, -0.2) is 8.78 Å². The first kappa shape index (κ1) is 22.0. The number of benzene rings is 1. The van der Waals surface area contributed by atoms with Gasteiger partial charge in [0, 0.05) is 23.4 Å². The zero-order valence-corrected chi connectivity index (χ0v) is 17.9. The number of rotatable bonds is 5. The normalized spacial score (nSPS) is 12.7. The summed E-state index contributed by atoms with van der Waals surface area (Å²) < 4.78 is 28.7. The summed E-state index contributed by atoms with van der Waals surface area (Å²) in [6, 6.07) is 11.4. The van der Waals surface area contributed by atoms with Crippen LogP contribution in [0.3, 0.4) is 0 Å². The van der Waals surface area contributed by atoms with Crippen LogP contribution in [0.4, 0.5) is 14.5 Å². The topological polar surface area (TPSA) is 103 Å². The number of aromatic nitrogens is 2. The smallest absolute Gasteiger partial charge is 0.228 e. The lowest BCUT2D eigenvalue weighted by atomic mass is 9.91. The van der Waals surface area contributed by atoms with E-state index in [4.69, 9.17) is 5.41 Å². The summed E-state index contributed by atoms with van der Waals surface area (Å²) in [4.78, 5) is 20.7. The molecule has 2 aromatic heterocycles. The number of nitrogens with one attached hydrogen (secondary N) is 2. The second-order valence-electron chi connectivity index (χ2n) is 8.23. The van der Waals surface area contributed by atoms with Crippen molar-refractivity contribution in [1.29, 1.82) is 10.7 Å². The van der Waals surface area contributed by atoms with E-state index in [-0.39, 0.29) is 29.0 Å². The molecule has 0 atom stereocenters. The van der Waals surface area contributed by atoms with Gasteiger partial charge in [-0.2, -0.15) is 5.26 Å². The molecule has 3 aromatic rings. The summed E-state index contributed by atoms with van der Waals surface area (Å²) in [6.07, 6.45) is 3.83. The van der Waals surface area contributed by atoms with Crippen LogP contribution < -0.4 is 5.32 Å². The van der Waals surface area contributed by atoms with Gasteiger partial charge in [0.25, 0.3) is 0 Å². The van der Waals surface area contributed by atoms with Crippen LogP contribution in [0, 0.1) is 22.6 Å². The fourth-order valence-corrected chi connectivity index (χ4v) is 3.44. The van der Waals surface area contributed by atoms with Crippen molar-refractivity contribution in [3.05, 3.63) is 83.2 Å². The maximum Gasteiger partial charge on any atom is 0.228 e. The van der Waals surface area contributed by atoms with Crippen LogP contribution in [0.2, 0.25) is 0 Å². The second-order valence-corrected chi connectivity index (χ2v) is 8.23. The van der Waals surface area contributed by atoms with E-state index < -0.39 is 23.0 Å². The molecule has 0 fully saturated rings. The Labute approximate surface area is 189 Å². The van der Waals surface area contributed by atoms with Gasteiger partial charge in [0.1, 0.15) is 11.6 Å². The number of nitrogens with zero attached hydrogens (tertiary/aromatic N) is 3. The number of pyridine rings is 2. The van der Waals surface area contributed by atoms with Gasteiger partial charge in [-0.1, -0.05) is 12.1 Å². The van der Waals surface area contributed by atoms with Crippen molar-refractivity contribution in [2.45, 2.75) is 25.7 Å². The van der Waals surface area contributed by atoms with Crippen LogP contribution in [0.25, 0.3) is 17.0 Å². The van der Waals surface area contributed by atoms with Crippen molar-refractivity contribution in [2.24, 2.45) is 0 Å². The third-order valence-electron chi connectivity index (χ3n) is 5.38. The molecule has 1 aliphatic carbocycles. The Balaban J connectivity index is 1.46. The monoisotopic (exact) mass is 443 g/mol. The van der Waals surface area contributed by atoms with Crippen molar-refractivity contribution in [3.8, 4) is 17.2 Å². The number of anilines is 1. The molecule has 0 radical (unpaired) electrons. The molecule has 2 N–H and O–H groups in total. The maximum absolute atomic E-state index is 14.7. The highest BCUT2D eigenvalue weighted by Gasteiger charge is 2.22. The standard InChI is InChI=1S/C25H19F2N5O/c1-25(2,13-28)22-6-5-17(12-30-22)32-23(33)9-15-4-3-14(8-19(15)26)16-7-18-20(27)10-21(29)24(18)31-11-16/h3-8,10-12,29H,9H2,1-2H3,(H,32,33). The van der Waals surface area contributed by atoms with Gasteiger partial charge in [0.15, 0.2) is 0 Å². The highest BCUT2D eigenvalue weighted by Crippen LogP contribution is 2.31. The molecule has 1 aliphatic rings. The molecular weight excluding hydrogens is 424 g/mol. The Bertz CT molecular complexity index is 1350. The fourth-order valence-electron chi connectivity index (χ4n) is 3.44. The first-order valence-electron chi connectivity index (χ1n) is 10.1. The average Bonchev–Trinajstić information content (AvgIpc) is 3.08. The van der Waals surface area contributed by atoms with Crippen LogP contribution in [0.15, 0.2) is 54.9 Å². The van der Waals surface area contributed by atoms with Crippen molar-refractivity contribution in [3.63, 3.8) is 0 Å². The van der Waals surface area contributed by atoms with E-state index in [1.807, 2.05) is 0 Å². The van der Waals surface area contributed by atoms with E-state index in [0.717, 1.165) is 6.08 Å². The largest absolute Gasteiger partial charge is 0.324 e. The SMILES string of the molecule is CC(C)(C#N)c1ccc(NC(=O)Cc2ccc(-c3cnc4c(c3)C(F)=CC4=N)cc2F)cn1. The quantitative estimate of drug-likeness (QED) is 0.582. The molecule has 1 amide bonds. The van der Waals surface area contributed by atoms with Crippen LogP contribution in [0.5, 0.6) is 0 Å². The molecule has 6 nitrogen and oxygen atoms in total. The Hall–Kier alpha value is -4.25. The third-order valence-corrected chi connectivity index (χ3v) is 5.38. The Kier molecular flexibility index (Phi) is 5.56. The van der Waals surface area contributed by atoms with Gasteiger partial charge in [-0.15, -0.1) is 0 Å². The van der Waals surface area contributed by atoms with Gasteiger partial charge >= 0.3 is 0 Å². The summed E-state index contributed by atoms with van der Waals surface area (Å²) in [5, 5.41) is 19.5. The molecule has 0 saturated heterocycles. The summed E-state index contributed by atoms with van der Waals surface area (Å²) in [5.74, 6) is -1.53. The zero-order chi connectivity index (χ0) is 23.8. The number of allylic oxidation sites excluding steroid dienone is 1. The van der Waals surface area contributed by atoms with E-state index in [0.29, 0.717) is 22.5 Å². The summed E-state index contributed by atoms with van der Waals surface area (Å²) in [7, 11) is 0. The number of nitriles is 1. The summed E-state index contributed by atoms with van der Waals surface area (Å²) in [6.45, 7) is 3.49. The number of hydrogen-bond donors (Lipinski definition) is 2. The van der Waals surface area contributed by atoms with Crippen LogP contribution in [0.1, 0.15) is 36.4 Å². The van der Waals surface area contributed by atoms with E-state index in [9.17, 15) is 18.8 Å². The molecule has 0 spiro atoms. The van der Waals surface area contributed by atoms with E-state index >= 15 is 0 Å². The molecule has 0 aliphatic heterocycles. The minimum Gasteiger partial charge on any atom is -0.324 e. The summed E-state index contributed by atoms with van der Waals surface area (Å²) in [5.41, 5.74) is 1.94. The molecule has 4 rings (SSSR count). The lowest BCUT2D eigenvalue weighted by molar-refractivity contribution is -0.115. The number of hydrogen-bond acceptors (Lipinski definition) is 5. The van der Waals surface area contributed by atoms with Crippen LogP contribution in [-0.4, -0.2) is 21.6 Å². The van der Waals surface area contributed by atoms with Crippen molar-refractivity contribution in [1.82, 2.24) is 9.97 Å². The number of fused-ring (bicyclic) bond motifs is 1. The first-order valence-corrected chi connectivity index (χ1v) is 10.1. The number of carbonyl (C=O) groups is 1. The number of carbonyl (C=O) groups excluding carboxylic acids is 1. The zero-order valence-electron chi connectivity index (χ0n) is 17.9. The van der Waals surface area contributed by atoms with Gasteiger partial charge in [-0.3, -0.25) is 20.2 Å². The number of amides is 1. The highest BCUT2D eigenvalue weighted by atomic mass is 19.1. The van der Waals surface area contributed by atoms with E-state index in [1.165, 1.54) is 30.6 Å². The van der Waals surface area contributed by atoms with Gasteiger partial charge in [0.05, 0.1) is 46.9 Å². The minimum absolute atomic E-state index is 0.000191. The molecule has 33 heavy (non-hydrogen) atoms. The third kappa shape index (κ3) is 4.39. The molecular formula is C25H19F2N5O. The Morgan fingerprint density at radius 1 is 1.12 bits per heavy atom. The second kappa shape index (κ2) is 8.36. The molecule has 8 heteroatoms. The van der Waals surface area contributed by atoms with Crippen molar-refractivity contribution >= 4 is 23.1 Å². The van der Waals surface area contributed by atoms with Crippen LogP contribution >= 0.6 is 0 Å².